The molecule has 2 rings (SSSR count). The summed E-state index contributed by atoms with van der Waals surface area (Å²) in [6.07, 6.45) is 2.36. The highest BCUT2D eigenvalue weighted by Gasteiger charge is 2.23. The van der Waals surface area contributed by atoms with Gasteiger partial charge in [-0.25, -0.2) is 0 Å². The van der Waals surface area contributed by atoms with E-state index in [1.807, 2.05) is 0 Å². The van der Waals surface area contributed by atoms with Crippen molar-refractivity contribution in [2.75, 3.05) is 13.2 Å². The molecular formula is C15H23NO. The molecular weight excluding hydrogens is 210 g/mol. The number of aliphatic hydroxyl groups is 1. The zero-order valence-electron chi connectivity index (χ0n) is 10.9. The molecule has 1 aromatic rings. The van der Waals surface area contributed by atoms with Crippen molar-refractivity contribution >= 4 is 0 Å². The van der Waals surface area contributed by atoms with E-state index >= 15 is 0 Å². The van der Waals surface area contributed by atoms with Crippen molar-refractivity contribution in [3.63, 3.8) is 0 Å². The first-order valence-electron chi connectivity index (χ1n) is 6.64. The average Bonchev–Trinajstić information content (AvgIpc) is 2.77. The normalized spacial score (nSPS) is 21.3. The zero-order chi connectivity index (χ0) is 12.3. The highest BCUT2D eigenvalue weighted by Crippen LogP contribution is 2.21. The van der Waals surface area contributed by atoms with Crippen LogP contribution in [0.3, 0.4) is 0 Å². The Bertz CT molecular complexity index is 344. The molecule has 1 fully saturated rings. The van der Waals surface area contributed by atoms with E-state index < -0.39 is 0 Å². The maximum atomic E-state index is 9.29. The number of hydrogen-bond donors (Lipinski definition) is 1. The molecule has 0 saturated carbocycles. The standard InChI is InChI=1S/C15H23NO/c1-12(2)14-7-5-13(6-8-14)10-16-9-3-4-15(16)11-17/h5-8,12,15,17H,3-4,9-11H2,1-2H3/t15-/m0/s1. The molecule has 94 valence electrons. The Labute approximate surface area is 104 Å². The Morgan fingerprint density at radius 3 is 2.59 bits per heavy atom. The van der Waals surface area contributed by atoms with Crippen molar-refractivity contribution in [3.05, 3.63) is 35.4 Å². The molecule has 17 heavy (non-hydrogen) atoms. The van der Waals surface area contributed by atoms with E-state index in [0.29, 0.717) is 18.6 Å². The molecule has 0 bridgehead atoms. The Morgan fingerprint density at radius 2 is 2.00 bits per heavy atom. The minimum absolute atomic E-state index is 0.296. The highest BCUT2D eigenvalue weighted by molar-refractivity contribution is 5.24. The lowest BCUT2D eigenvalue weighted by Gasteiger charge is -2.22. The Kier molecular flexibility index (Phi) is 4.19. The molecule has 1 aromatic carbocycles. The molecule has 0 radical (unpaired) electrons. The molecule has 0 aromatic heterocycles. The van der Waals surface area contributed by atoms with Crippen LogP contribution in [0, 0.1) is 0 Å². The highest BCUT2D eigenvalue weighted by atomic mass is 16.3. The molecule has 1 N–H and O–H groups in total. The Balaban J connectivity index is 1.99. The molecule has 1 aliphatic rings. The molecule has 1 heterocycles. The smallest absolute Gasteiger partial charge is 0.0587 e. The predicted molar refractivity (Wildman–Crippen MR) is 71.0 cm³/mol. The van der Waals surface area contributed by atoms with Gasteiger partial charge in [-0.1, -0.05) is 38.1 Å². The first-order chi connectivity index (χ1) is 8.20. The van der Waals surface area contributed by atoms with Gasteiger partial charge in [-0.3, -0.25) is 4.90 Å². The maximum absolute atomic E-state index is 9.29. The van der Waals surface area contributed by atoms with Crippen LogP contribution >= 0.6 is 0 Å². The second kappa shape index (κ2) is 5.65. The molecule has 2 heteroatoms. The first kappa shape index (κ1) is 12.6. The lowest BCUT2D eigenvalue weighted by molar-refractivity contribution is 0.153. The van der Waals surface area contributed by atoms with Gasteiger partial charge in [0, 0.05) is 12.6 Å². The van der Waals surface area contributed by atoms with Crippen LogP contribution in [0.5, 0.6) is 0 Å². The molecule has 0 amide bonds. The molecule has 0 aliphatic carbocycles. The van der Waals surface area contributed by atoms with Crippen LogP contribution < -0.4 is 0 Å². The van der Waals surface area contributed by atoms with E-state index in [4.69, 9.17) is 0 Å². The van der Waals surface area contributed by atoms with E-state index in [2.05, 4.69) is 43.0 Å². The number of aliphatic hydroxyl groups excluding tert-OH is 1. The SMILES string of the molecule is CC(C)c1ccc(CN2CCC[C@H]2CO)cc1. The van der Waals surface area contributed by atoms with E-state index in [1.54, 1.807) is 0 Å². The zero-order valence-corrected chi connectivity index (χ0v) is 10.9. The summed E-state index contributed by atoms with van der Waals surface area (Å²) in [6, 6.07) is 9.28. The molecule has 2 nitrogen and oxygen atoms in total. The minimum Gasteiger partial charge on any atom is -0.395 e. The van der Waals surface area contributed by atoms with Crippen molar-refractivity contribution in [3.8, 4) is 0 Å². The first-order valence-corrected chi connectivity index (χ1v) is 6.64. The van der Waals surface area contributed by atoms with E-state index in [9.17, 15) is 5.11 Å². The fraction of sp³-hybridized carbons (Fsp3) is 0.600. The van der Waals surface area contributed by atoms with Gasteiger partial charge in [0.05, 0.1) is 6.61 Å². The lowest BCUT2D eigenvalue weighted by Crippen LogP contribution is -2.31. The molecule has 1 saturated heterocycles. The quantitative estimate of drug-likeness (QED) is 0.864. The number of nitrogens with zero attached hydrogens (tertiary/aromatic N) is 1. The van der Waals surface area contributed by atoms with E-state index in [-0.39, 0.29) is 0 Å². The number of likely N-dealkylation sites (tertiary alicyclic amines) is 1. The van der Waals surface area contributed by atoms with Crippen LogP contribution in [0.2, 0.25) is 0 Å². The minimum atomic E-state index is 0.296. The third-order valence-corrected chi connectivity index (χ3v) is 3.74. The fourth-order valence-electron chi connectivity index (χ4n) is 2.55. The number of rotatable bonds is 4. The van der Waals surface area contributed by atoms with Crippen molar-refractivity contribution < 1.29 is 5.11 Å². The third kappa shape index (κ3) is 3.08. The van der Waals surface area contributed by atoms with Gasteiger partial charge in [-0.15, -0.1) is 0 Å². The summed E-state index contributed by atoms with van der Waals surface area (Å²) in [5, 5.41) is 9.29. The second-order valence-electron chi connectivity index (χ2n) is 5.35. The van der Waals surface area contributed by atoms with Crippen LogP contribution in [-0.2, 0) is 6.54 Å². The van der Waals surface area contributed by atoms with Gasteiger partial charge in [0.2, 0.25) is 0 Å². The summed E-state index contributed by atoms with van der Waals surface area (Å²) in [7, 11) is 0. The van der Waals surface area contributed by atoms with Crippen LogP contribution in [0.15, 0.2) is 24.3 Å². The fourth-order valence-corrected chi connectivity index (χ4v) is 2.55. The topological polar surface area (TPSA) is 23.5 Å². The maximum Gasteiger partial charge on any atom is 0.0587 e. The Morgan fingerprint density at radius 1 is 1.29 bits per heavy atom. The van der Waals surface area contributed by atoms with Crippen molar-refractivity contribution in [2.24, 2.45) is 0 Å². The third-order valence-electron chi connectivity index (χ3n) is 3.74. The molecule has 0 unspecified atom stereocenters. The Hall–Kier alpha value is -0.860. The summed E-state index contributed by atoms with van der Waals surface area (Å²) in [5.74, 6) is 0.598. The van der Waals surface area contributed by atoms with E-state index in [0.717, 1.165) is 19.5 Å². The second-order valence-corrected chi connectivity index (χ2v) is 5.35. The van der Waals surface area contributed by atoms with Gasteiger partial charge in [-0.05, 0) is 36.4 Å². The van der Waals surface area contributed by atoms with Crippen LogP contribution in [0.4, 0.5) is 0 Å². The summed E-state index contributed by atoms with van der Waals surface area (Å²) in [6.45, 7) is 6.83. The van der Waals surface area contributed by atoms with E-state index in [1.165, 1.54) is 17.5 Å². The van der Waals surface area contributed by atoms with Crippen LogP contribution in [0.25, 0.3) is 0 Å². The van der Waals surface area contributed by atoms with Crippen molar-refractivity contribution in [2.45, 2.75) is 45.2 Å². The predicted octanol–water partition coefficient (Wildman–Crippen LogP) is 2.77. The van der Waals surface area contributed by atoms with Crippen LogP contribution in [0.1, 0.15) is 43.7 Å². The molecule has 1 aliphatic heterocycles. The number of hydrogen-bond acceptors (Lipinski definition) is 2. The summed E-state index contributed by atoms with van der Waals surface area (Å²) >= 11 is 0. The van der Waals surface area contributed by atoms with Crippen molar-refractivity contribution in [1.29, 1.82) is 0 Å². The monoisotopic (exact) mass is 233 g/mol. The van der Waals surface area contributed by atoms with Crippen molar-refractivity contribution in [1.82, 2.24) is 4.90 Å². The van der Waals surface area contributed by atoms with Gasteiger partial charge in [0.1, 0.15) is 0 Å². The summed E-state index contributed by atoms with van der Waals surface area (Å²) in [5.41, 5.74) is 2.75. The van der Waals surface area contributed by atoms with Gasteiger partial charge in [0.15, 0.2) is 0 Å². The van der Waals surface area contributed by atoms with Gasteiger partial charge < -0.3 is 5.11 Å². The van der Waals surface area contributed by atoms with Gasteiger partial charge in [-0.2, -0.15) is 0 Å². The summed E-state index contributed by atoms with van der Waals surface area (Å²) in [4.78, 5) is 2.39. The molecule has 0 spiro atoms. The lowest BCUT2D eigenvalue weighted by atomic mass is 10.0. The average molecular weight is 233 g/mol. The van der Waals surface area contributed by atoms with Gasteiger partial charge >= 0.3 is 0 Å². The summed E-state index contributed by atoms with van der Waals surface area (Å²) < 4.78 is 0. The number of benzene rings is 1. The molecule has 1 atom stereocenters. The van der Waals surface area contributed by atoms with Gasteiger partial charge in [0.25, 0.3) is 0 Å². The largest absolute Gasteiger partial charge is 0.395 e. The van der Waals surface area contributed by atoms with Crippen LogP contribution in [-0.4, -0.2) is 29.2 Å².